The topological polar surface area (TPSA) is 75.0 Å². The molecule has 0 N–H and O–H groups in total. The summed E-state index contributed by atoms with van der Waals surface area (Å²) in [5, 5.41) is 1.21. The first kappa shape index (κ1) is 22.1. The van der Waals surface area contributed by atoms with E-state index in [1.54, 1.807) is 68.6 Å². The van der Waals surface area contributed by atoms with Crippen LogP contribution in [0.5, 0.6) is 17.2 Å². The van der Waals surface area contributed by atoms with E-state index in [-0.39, 0.29) is 5.43 Å². The number of esters is 1. The Balaban J connectivity index is 1.66. The van der Waals surface area contributed by atoms with Crippen LogP contribution in [0.3, 0.4) is 0 Å². The molecular weight excluding hydrogens is 420 g/mol. The molecule has 6 heteroatoms. The number of ether oxygens (including phenoxy) is 3. The molecule has 0 bridgehead atoms. The van der Waals surface area contributed by atoms with Crippen molar-refractivity contribution < 1.29 is 23.4 Å². The van der Waals surface area contributed by atoms with Crippen molar-refractivity contribution in [2.24, 2.45) is 0 Å². The molecule has 1 aromatic heterocycles. The maximum atomic E-state index is 13.0. The number of carbonyl (C=O) groups is 1. The van der Waals surface area contributed by atoms with Gasteiger partial charge in [0.25, 0.3) is 0 Å². The summed E-state index contributed by atoms with van der Waals surface area (Å²) in [6.07, 6.45) is 0. The van der Waals surface area contributed by atoms with Crippen LogP contribution in [0.1, 0.15) is 28.8 Å². The summed E-state index contributed by atoms with van der Waals surface area (Å²) in [5.74, 6) is 2.40. The standard InChI is InChI=1S/C27H24O6/c1-5-31-24-15-20(14-23(28)25-16(2)32-17(3)26(24)25)18-6-12-22(13-7-18)33-27(29)19-8-10-21(30-4)11-9-19/h6-15H,5H2,1-4H3. The molecule has 0 amide bonds. The van der Waals surface area contributed by atoms with Crippen LogP contribution in [0.4, 0.5) is 0 Å². The summed E-state index contributed by atoms with van der Waals surface area (Å²) in [7, 11) is 1.56. The second-order valence-electron chi connectivity index (χ2n) is 7.51. The molecule has 0 radical (unpaired) electrons. The van der Waals surface area contributed by atoms with Crippen LogP contribution in [0, 0.1) is 13.8 Å². The third-order valence-electron chi connectivity index (χ3n) is 5.35. The van der Waals surface area contributed by atoms with E-state index in [9.17, 15) is 9.59 Å². The van der Waals surface area contributed by atoms with Gasteiger partial charge in [-0.1, -0.05) is 12.1 Å². The highest BCUT2D eigenvalue weighted by Gasteiger charge is 2.16. The molecular formula is C27H24O6. The van der Waals surface area contributed by atoms with Crippen LogP contribution in [-0.4, -0.2) is 19.7 Å². The summed E-state index contributed by atoms with van der Waals surface area (Å²) >= 11 is 0. The number of benzene rings is 2. The zero-order valence-corrected chi connectivity index (χ0v) is 18.9. The van der Waals surface area contributed by atoms with Crippen LogP contribution in [0.15, 0.2) is 69.9 Å². The summed E-state index contributed by atoms with van der Waals surface area (Å²) in [6, 6.07) is 17.1. The van der Waals surface area contributed by atoms with Crippen molar-refractivity contribution in [2.75, 3.05) is 13.7 Å². The number of hydrogen-bond donors (Lipinski definition) is 0. The molecule has 0 saturated heterocycles. The van der Waals surface area contributed by atoms with Crippen molar-refractivity contribution in [3.8, 4) is 28.4 Å². The average Bonchev–Trinajstić information content (AvgIpc) is 3.02. The van der Waals surface area contributed by atoms with Gasteiger partial charge in [0, 0.05) is 0 Å². The van der Waals surface area contributed by atoms with Crippen LogP contribution >= 0.6 is 0 Å². The first-order valence-corrected chi connectivity index (χ1v) is 10.6. The smallest absolute Gasteiger partial charge is 0.343 e. The Morgan fingerprint density at radius 2 is 1.48 bits per heavy atom. The third-order valence-corrected chi connectivity index (χ3v) is 5.35. The van der Waals surface area contributed by atoms with Crippen molar-refractivity contribution in [1.29, 1.82) is 0 Å². The molecule has 33 heavy (non-hydrogen) atoms. The monoisotopic (exact) mass is 444 g/mol. The van der Waals surface area contributed by atoms with E-state index in [2.05, 4.69) is 0 Å². The van der Waals surface area contributed by atoms with Gasteiger partial charge in [-0.2, -0.15) is 0 Å². The van der Waals surface area contributed by atoms with Crippen molar-refractivity contribution >= 4 is 16.7 Å². The molecule has 3 aromatic carbocycles. The summed E-state index contributed by atoms with van der Waals surface area (Å²) in [6.45, 7) is 5.95. The Morgan fingerprint density at radius 3 is 2.12 bits per heavy atom. The fraction of sp³-hybridized carbons (Fsp3) is 0.185. The van der Waals surface area contributed by atoms with Gasteiger partial charge >= 0.3 is 5.97 Å². The van der Waals surface area contributed by atoms with E-state index in [0.717, 1.165) is 5.56 Å². The molecule has 4 rings (SSSR count). The van der Waals surface area contributed by atoms with Gasteiger partial charge in [-0.15, -0.1) is 0 Å². The molecule has 6 nitrogen and oxygen atoms in total. The van der Waals surface area contributed by atoms with Gasteiger partial charge in [0.2, 0.25) is 0 Å². The Labute approximate surface area is 191 Å². The van der Waals surface area contributed by atoms with Crippen LogP contribution < -0.4 is 19.6 Å². The number of methoxy groups -OCH3 is 1. The van der Waals surface area contributed by atoms with Crippen LogP contribution in [-0.2, 0) is 0 Å². The molecule has 168 valence electrons. The van der Waals surface area contributed by atoms with Gasteiger partial charge in [0.05, 0.1) is 30.1 Å². The fourth-order valence-corrected chi connectivity index (χ4v) is 3.79. The van der Waals surface area contributed by atoms with Gasteiger partial charge in [-0.05, 0) is 80.4 Å². The lowest BCUT2D eigenvalue weighted by atomic mass is 10.1. The first-order chi connectivity index (χ1) is 15.9. The number of furan rings is 1. The second-order valence-corrected chi connectivity index (χ2v) is 7.51. The number of carbonyl (C=O) groups excluding carboxylic acids is 1. The number of hydrogen-bond acceptors (Lipinski definition) is 6. The molecule has 0 fully saturated rings. The van der Waals surface area contributed by atoms with Gasteiger partial charge in [0.15, 0.2) is 5.43 Å². The maximum absolute atomic E-state index is 13.0. The Kier molecular flexibility index (Phi) is 6.18. The molecule has 0 saturated carbocycles. The van der Waals surface area contributed by atoms with Crippen LogP contribution in [0.25, 0.3) is 21.9 Å². The summed E-state index contributed by atoms with van der Waals surface area (Å²) < 4.78 is 22.1. The van der Waals surface area contributed by atoms with Gasteiger partial charge in [0.1, 0.15) is 28.8 Å². The highest BCUT2D eigenvalue weighted by Crippen LogP contribution is 2.33. The normalized spacial score (nSPS) is 10.8. The Bertz CT molecular complexity index is 1370. The summed E-state index contributed by atoms with van der Waals surface area (Å²) in [4.78, 5) is 25.4. The molecule has 1 heterocycles. The van der Waals surface area contributed by atoms with Crippen molar-refractivity contribution in [3.63, 3.8) is 0 Å². The average molecular weight is 444 g/mol. The third kappa shape index (κ3) is 4.46. The predicted octanol–water partition coefficient (Wildman–Crippen LogP) is 5.70. The highest BCUT2D eigenvalue weighted by molar-refractivity contribution is 5.93. The van der Waals surface area contributed by atoms with Crippen molar-refractivity contribution in [2.45, 2.75) is 20.8 Å². The minimum absolute atomic E-state index is 0.143. The van der Waals surface area contributed by atoms with Gasteiger partial charge in [-0.25, -0.2) is 4.79 Å². The lowest BCUT2D eigenvalue weighted by Gasteiger charge is -2.07. The number of aryl methyl sites for hydroxylation is 2. The second kappa shape index (κ2) is 9.20. The van der Waals surface area contributed by atoms with E-state index < -0.39 is 5.97 Å². The fourth-order valence-electron chi connectivity index (χ4n) is 3.79. The van der Waals surface area contributed by atoms with E-state index in [1.165, 1.54) is 0 Å². The minimum Gasteiger partial charge on any atom is -0.497 e. The number of fused-ring (bicyclic) bond motifs is 1. The van der Waals surface area contributed by atoms with E-state index in [4.69, 9.17) is 18.6 Å². The maximum Gasteiger partial charge on any atom is 0.343 e. The van der Waals surface area contributed by atoms with E-state index in [0.29, 0.717) is 57.3 Å². The highest BCUT2D eigenvalue weighted by atomic mass is 16.5. The lowest BCUT2D eigenvalue weighted by molar-refractivity contribution is 0.0734. The molecule has 4 aromatic rings. The molecule has 0 atom stereocenters. The summed E-state index contributed by atoms with van der Waals surface area (Å²) in [5.41, 5.74) is 1.77. The minimum atomic E-state index is -0.467. The van der Waals surface area contributed by atoms with Crippen LogP contribution in [0.2, 0.25) is 0 Å². The lowest BCUT2D eigenvalue weighted by Crippen LogP contribution is -2.08. The van der Waals surface area contributed by atoms with E-state index >= 15 is 0 Å². The van der Waals surface area contributed by atoms with Crippen molar-refractivity contribution in [1.82, 2.24) is 0 Å². The SMILES string of the molecule is CCOc1cc(-c2ccc(OC(=O)c3ccc(OC)cc3)cc2)cc(=O)c2c(C)oc(C)c12. The zero-order valence-electron chi connectivity index (χ0n) is 18.9. The van der Waals surface area contributed by atoms with Gasteiger partial charge < -0.3 is 18.6 Å². The van der Waals surface area contributed by atoms with E-state index in [1.807, 2.05) is 19.9 Å². The Hall–Kier alpha value is -4.06. The number of rotatable bonds is 6. The largest absolute Gasteiger partial charge is 0.497 e. The zero-order chi connectivity index (χ0) is 23.5. The van der Waals surface area contributed by atoms with Gasteiger partial charge in [-0.3, -0.25) is 4.79 Å². The predicted molar refractivity (Wildman–Crippen MR) is 127 cm³/mol. The molecule has 0 aliphatic carbocycles. The first-order valence-electron chi connectivity index (χ1n) is 10.6. The molecule has 0 spiro atoms. The van der Waals surface area contributed by atoms with Crippen molar-refractivity contribution in [3.05, 3.63) is 88.0 Å². The quantitative estimate of drug-likeness (QED) is 0.280. The Morgan fingerprint density at radius 1 is 0.848 bits per heavy atom. The molecule has 0 unspecified atom stereocenters. The molecule has 0 aliphatic heterocycles. The molecule has 0 aliphatic rings.